The molecule has 2 aromatic rings. The molecule has 1 aliphatic carbocycles. The molecule has 1 amide bonds. The van der Waals surface area contributed by atoms with Crippen LogP contribution < -0.4 is 10.9 Å². The predicted molar refractivity (Wildman–Crippen MR) is 95.5 cm³/mol. The van der Waals surface area contributed by atoms with Crippen molar-refractivity contribution in [3.05, 3.63) is 20.8 Å². The molecule has 2 heterocycles. The first kappa shape index (κ1) is 16.5. The Morgan fingerprint density at radius 2 is 2.30 bits per heavy atom. The molecule has 2 aromatic heterocycles. The Morgan fingerprint density at radius 1 is 1.52 bits per heavy atom. The Labute approximate surface area is 143 Å². The molecule has 124 valence electrons. The third-order valence-electron chi connectivity index (χ3n) is 4.31. The van der Waals surface area contributed by atoms with Crippen molar-refractivity contribution in [3.63, 3.8) is 0 Å². The van der Waals surface area contributed by atoms with Crippen LogP contribution in [0, 0.1) is 5.92 Å². The van der Waals surface area contributed by atoms with Gasteiger partial charge in [-0.25, -0.2) is 4.98 Å². The monoisotopic (exact) mass is 351 g/mol. The first-order chi connectivity index (χ1) is 11.0. The van der Waals surface area contributed by atoms with Gasteiger partial charge in [-0.05, 0) is 37.7 Å². The van der Waals surface area contributed by atoms with Gasteiger partial charge in [0.2, 0.25) is 5.91 Å². The molecule has 0 saturated carbocycles. The number of nitrogens with zero attached hydrogens (tertiary/aromatic N) is 2. The fraction of sp³-hybridized carbons (Fsp3) is 0.562. The van der Waals surface area contributed by atoms with Gasteiger partial charge < -0.3 is 5.32 Å². The number of hydrogen-bond donors (Lipinski definition) is 1. The third-order valence-corrected chi connectivity index (χ3v) is 6.43. The Bertz CT molecular complexity index is 810. The number of fused-ring (bicyclic) bond motifs is 3. The van der Waals surface area contributed by atoms with E-state index in [1.54, 1.807) is 23.0 Å². The normalized spacial score (nSPS) is 17.3. The van der Waals surface area contributed by atoms with Crippen LogP contribution in [0.15, 0.2) is 9.95 Å². The summed E-state index contributed by atoms with van der Waals surface area (Å²) in [7, 11) is 1.61. The minimum absolute atomic E-state index is 0.0453. The van der Waals surface area contributed by atoms with Crippen molar-refractivity contribution in [3.8, 4) is 0 Å². The number of hydrogen-bond acceptors (Lipinski definition) is 5. The number of carbonyl (C=O) groups is 1. The maximum Gasteiger partial charge on any atom is 0.263 e. The largest absolute Gasteiger partial charge is 0.358 e. The van der Waals surface area contributed by atoms with Crippen LogP contribution in [0.25, 0.3) is 10.2 Å². The number of aromatic nitrogens is 2. The Hall–Kier alpha value is -1.34. The van der Waals surface area contributed by atoms with Crippen LogP contribution in [-0.4, -0.2) is 28.3 Å². The molecule has 0 aliphatic heterocycles. The van der Waals surface area contributed by atoms with Gasteiger partial charge in [0.25, 0.3) is 5.56 Å². The Kier molecular flexibility index (Phi) is 4.77. The number of thiophene rings is 1. The highest BCUT2D eigenvalue weighted by Gasteiger charge is 2.24. The highest BCUT2D eigenvalue weighted by molar-refractivity contribution is 7.99. The molecule has 0 saturated heterocycles. The van der Waals surface area contributed by atoms with Crippen molar-refractivity contribution >= 4 is 39.2 Å². The Balaban J connectivity index is 2.09. The predicted octanol–water partition coefficient (Wildman–Crippen LogP) is 2.44. The lowest BCUT2D eigenvalue weighted by Crippen LogP contribution is -2.25. The molecule has 1 unspecified atom stereocenters. The SMILES string of the molecule is CCn1c(SCC(=O)NC)nc2sc3c(c2c1=O)CCC(C)C3. The summed E-state index contributed by atoms with van der Waals surface area (Å²) >= 11 is 2.98. The lowest BCUT2D eigenvalue weighted by Gasteiger charge is -2.17. The van der Waals surface area contributed by atoms with Crippen molar-refractivity contribution in [1.29, 1.82) is 0 Å². The van der Waals surface area contributed by atoms with Gasteiger partial charge in [0, 0.05) is 18.5 Å². The number of rotatable bonds is 4. The van der Waals surface area contributed by atoms with Gasteiger partial charge in [0.1, 0.15) is 4.83 Å². The highest BCUT2D eigenvalue weighted by atomic mass is 32.2. The molecule has 1 N–H and O–H groups in total. The van der Waals surface area contributed by atoms with Crippen LogP contribution in [-0.2, 0) is 24.2 Å². The summed E-state index contributed by atoms with van der Waals surface area (Å²) in [4.78, 5) is 31.3. The second-order valence-corrected chi connectivity index (χ2v) is 7.96. The van der Waals surface area contributed by atoms with Crippen LogP contribution in [0.1, 0.15) is 30.7 Å². The number of aryl methyl sites for hydroxylation is 1. The number of thioether (sulfide) groups is 1. The molecular formula is C16H21N3O2S2. The van der Waals surface area contributed by atoms with E-state index < -0.39 is 0 Å². The first-order valence-electron chi connectivity index (χ1n) is 7.93. The van der Waals surface area contributed by atoms with E-state index in [0.29, 0.717) is 17.6 Å². The second-order valence-electron chi connectivity index (χ2n) is 5.94. The van der Waals surface area contributed by atoms with Gasteiger partial charge in [-0.2, -0.15) is 0 Å². The molecule has 7 heteroatoms. The van der Waals surface area contributed by atoms with Crippen molar-refractivity contribution in [2.24, 2.45) is 5.92 Å². The summed E-state index contributed by atoms with van der Waals surface area (Å²) in [6.45, 7) is 4.77. The molecule has 0 fully saturated rings. The first-order valence-corrected chi connectivity index (χ1v) is 9.73. The number of nitrogens with one attached hydrogen (secondary N) is 1. The van der Waals surface area contributed by atoms with Crippen molar-refractivity contribution in [2.45, 2.75) is 44.8 Å². The van der Waals surface area contributed by atoms with Crippen LogP contribution in [0.3, 0.4) is 0 Å². The topological polar surface area (TPSA) is 64.0 Å². The number of amides is 1. The molecule has 1 aliphatic rings. The lowest BCUT2D eigenvalue weighted by molar-refractivity contribution is -0.118. The second kappa shape index (κ2) is 6.65. The zero-order valence-corrected chi connectivity index (χ0v) is 15.3. The maximum absolute atomic E-state index is 12.9. The van der Waals surface area contributed by atoms with E-state index in [-0.39, 0.29) is 17.2 Å². The summed E-state index contributed by atoms with van der Waals surface area (Å²) in [5.41, 5.74) is 1.26. The molecule has 0 radical (unpaired) electrons. The van der Waals surface area contributed by atoms with Gasteiger partial charge in [0.05, 0.1) is 11.1 Å². The fourth-order valence-electron chi connectivity index (χ4n) is 3.00. The molecular weight excluding hydrogens is 330 g/mol. The quantitative estimate of drug-likeness (QED) is 0.679. The fourth-order valence-corrected chi connectivity index (χ4v) is 5.36. The van der Waals surface area contributed by atoms with E-state index in [2.05, 4.69) is 12.2 Å². The highest BCUT2D eigenvalue weighted by Crippen LogP contribution is 2.36. The van der Waals surface area contributed by atoms with E-state index in [1.807, 2.05) is 6.92 Å². The average molecular weight is 351 g/mol. The lowest BCUT2D eigenvalue weighted by atomic mass is 9.89. The van der Waals surface area contributed by atoms with E-state index in [9.17, 15) is 9.59 Å². The molecule has 0 bridgehead atoms. The van der Waals surface area contributed by atoms with Crippen LogP contribution >= 0.6 is 23.1 Å². The summed E-state index contributed by atoms with van der Waals surface area (Å²) in [6, 6.07) is 0. The molecule has 0 aromatic carbocycles. The average Bonchev–Trinajstić information content (AvgIpc) is 2.89. The summed E-state index contributed by atoms with van der Waals surface area (Å²) < 4.78 is 1.70. The summed E-state index contributed by atoms with van der Waals surface area (Å²) in [6.07, 6.45) is 3.15. The van der Waals surface area contributed by atoms with Gasteiger partial charge in [0.15, 0.2) is 5.16 Å². The smallest absolute Gasteiger partial charge is 0.263 e. The van der Waals surface area contributed by atoms with Gasteiger partial charge >= 0.3 is 0 Å². The minimum Gasteiger partial charge on any atom is -0.358 e. The van der Waals surface area contributed by atoms with E-state index in [0.717, 1.165) is 29.5 Å². The zero-order chi connectivity index (χ0) is 16.6. The summed E-state index contributed by atoms with van der Waals surface area (Å²) in [5, 5.41) is 4.04. The summed E-state index contributed by atoms with van der Waals surface area (Å²) in [5.74, 6) is 0.883. The van der Waals surface area contributed by atoms with Crippen molar-refractivity contribution in [1.82, 2.24) is 14.9 Å². The van der Waals surface area contributed by atoms with Gasteiger partial charge in [-0.3, -0.25) is 14.2 Å². The number of carbonyl (C=O) groups excluding carboxylic acids is 1. The van der Waals surface area contributed by atoms with E-state index in [1.165, 1.54) is 22.2 Å². The standard InChI is InChI=1S/C16H21N3O2S2/c1-4-19-15(21)13-10-6-5-9(2)7-11(10)23-14(13)18-16(19)22-8-12(20)17-3/h9H,4-8H2,1-3H3,(H,17,20). The maximum atomic E-state index is 12.9. The van der Waals surface area contributed by atoms with Crippen molar-refractivity contribution in [2.75, 3.05) is 12.8 Å². The van der Waals surface area contributed by atoms with Crippen LogP contribution in [0.4, 0.5) is 0 Å². The van der Waals surface area contributed by atoms with Crippen LogP contribution in [0.5, 0.6) is 0 Å². The molecule has 5 nitrogen and oxygen atoms in total. The van der Waals surface area contributed by atoms with E-state index >= 15 is 0 Å². The molecule has 3 rings (SSSR count). The van der Waals surface area contributed by atoms with Gasteiger partial charge in [-0.15, -0.1) is 11.3 Å². The zero-order valence-electron chi connectivity index (χ0n) is 13.6. The van der Waals surface area contributed by atoms with Crippen LogP contribution in [0.2, 0.25) is 0 Å². The van der Waals surface area contributed by atoms with Crippen molar-refractivity contribution < 1.29 is 4.79 Å². The van der Waals surface area contributed by atoms with E-state index in [4.69, 9.17) is 4.98 Å². The Morgan fingerprint density at radius 3 is 3.00 bits per heavy atom. The third kappa shape index (κ3) is 3.04. The minimum atomic E-state index is -0.0636. The molecule has 1 atom stereocenters. The van der Waals surface area contributed by atoms with Gasteiger partial charge in [-0.1, -0.05) is 18.7 Å². The molecule has 0 spiro atoms. The molecule has 23 heavy (non-hydrogen) atoms.